The number of carbonyl (C=O) groups is 1. The molecule has 2 saturated carbocycles. The Kier molecular flexibility index (Phi) is 3.33. The van der Waals surface area contributed by atoms with E-state index in [9.17, 15) is 4.79 Å². The Balaban J connectivity index is 1.48. The van der Waals surface area contributed by atoms with Crippen LogP contribution in [0.4, 0.5) is 0 Å². The topological polar surface area (TPSA) is 38.3 Å². The molecule has 18 heavy (non-hydrogen) atoms. The third-order valence-electron chi connectivity index (χ3n) is 3.42. The third kappa shape index (κ3) is 3.33. The number of ether oxygens (including phenoxy) is 1. The van der Waals surface area contributed by atoms with Crippen molar-refractivity contribution in [2.45, 2.75) is 31.8 Å². The number of carbonyl (C=O) groups excluding carboxylic acids is 1. The van der Waals surface area contributed by atoms with E-state index < -0.39 is 0 Å². The van der Waals surface area contributed by atoms with Gasteiger partial charge in [-0.05, 0) is 62.4 Å². The van der Waals surface area contributed by atoms with Gasteiger partial charge in [-0.1, -0.05) is 0 Å². The number of rotatable bonds is 7. The molecule has 0 amide bonds. The van der Waals surface area contributed by atoms with Crippen LogP contribution >= 0.6 is 0 Å². The van der Waals surface area contributed by atoms with Gasteiger partial charge in [0.25, 0.3) is 0 Å². The average molecular weight is 245 g/mol. The molecule has 0 atom stereocenters. The SMILES string of the molecule is O=C(CNCC1CC1)c1ccc(OC2CC2)cc1. The van der Waals surface area contributed by atoms with Crippen LogP contribution in [0.1, 0.15) is 36.0 Å². The summed E-state index contributed by atoms with van der Waals surface area (Å²) >= 11 is 0. The Morgan fingerprint density at radius 2 is 1.89 bits per heavy atom. The summed E-state index contributed by atoms with van der Waals surface area (Å²) in [6, 6.07) is 7.51. The zero-order valence-electron chi connectivity index (χ0n) is 10.5. The van der Waals surface area contributed by atoms with E-state index in [2.05, 4.69) is 5.32 Å². The number of Topliss-reactive ketones (excluding diaryl/α,β-unsaturated/α-hetero) is 1. The molecule has 0 unspecified atom stereocenters. The Morgan fingerprint density at radius 1 is 1.17 bits per heavy atom. The lowest BCUT2D eigenvalue weighted by Gasteiger charge is -2.06. The highest BCUT2D eigenvalue weighted by Crippen LogP contribution is 2.28. The molecule has 96 valence electrons. The maximum atomic E-state index is 11.9. The summed E-state index contributed by atoms with van der Waals surface area (Å²) < 4.78 is 5.65. The fraction of sp³-hybridized carbons (Fsp3) is 0.533. The van der Waals surface area contributed by atoms with Gasteiger partial charge in [0.05, 0.1) is 12.6 Å². The van der Waals surface area contributed by atoms with Gasteiger partial charge in [-0.3, -0.25) is 4.79 Å². The van der Waals surface area contributed by atoms with E-state index in [0.717, 1.165) is 36.6 Å². The van der Waals surface area contributed by atoms with Gasteiger partial charge in [0.1, 0.15) is 5.75 Å². The minimum atomic E-state index is 0.161. The van der Waals surface area contributed by atoms with E-state index >= 15 is 0 Å². The van der Waals surface area contributed by atoms with Crippen molar-refractivity contribution >= 4 is 5.78 Å². The molecule has 0 radical (unpaired) electrons. The van der Waals surface area contributed by atoms with Crippen molar-refractivity contribution in [3.63, 3.8) is 0 Å². The van der Waals surface area contributed by atoms with Crippen LogP contribution in [0, 0.1) is 5.92 Å². The van der Waals surface area contributed by atoms with Crippen LogP contribution < -0.4 is 10.1 Å². The molecule has 2 fully saturated rings. The first kappa shape index (κ1) is 11.7. The zero-order valence-corrected chi connectivity index (χ0v) is 10.5. The van der Waals surface area contributed by atoms with E-state index in [4.69, 9.17) is 4.74 Å². The van der Waals surface area contributed by atoms with Crippen molar-refractivity contribution < 1.29 is 9.53 Å². The van der Waals surface area contributed by atoms with Crippen molar-refractivity contribution in [2.24, 2.45) is 5.92 Å². The number of ketones is 1. The molecule has 0 bridgehead atoms. The second-order valence-corrected chi connectivity index (χ2v) is 5.34. The Labute approximate surface area is 108 Å². The molecule has 2 aliphatic rings. The van der Waals surface area contributed by atoms with Crippen LogP contribution in [0.2, 0.25) is 0 Å². The molecule has 0 spiro atoms. The Morgan fingerprint density at radius 3 is 2.50 bits per heavy atom. The van der Waals surface area contributed by atoms with Crippen LogP contribution in [0.25, 0.3) is 0 Å². The summed E-state index contributed by atoms with van der Waals surface area (Å²) in [4.78, 5) is 11.9. The lowest BCUT2D eigenvalue weighted by molar-refractivity contribution is 0.0991. The molecule has 0 heterocycles. The van der Waals surface area contributed by atoms with Crippen LogP contribution in [-0.4, -0.2) is 25.0 Å². The number of hydrogen-bond acceptors (Lipinski definition) is 3. The second-order valence-electron chi connectivity index (χ2n) is 5.34. The highest BCUT2D eigenvalue weighted by Gasteiger charge is 2.23. The molecular formula is C15H19NO2. The minimum absolute atomic E-state index is 0.161. The van der Waals surface area contributed by atoms with Crippen LogP contribution in [0.15, 0.2) is 24.3 Å². The second kappa shape index (κ2) is 5.11. The first-order chi connectivity index (χ1) is 8.81. The molecule has 0 aliphatic heterocycles. The summed E-state index contributed by atoms with van der Waals surface area (Å²) in [5.41, 5.74) is 0.765. The molecule has 2 aliphatic carbocycles. The quantitative estimate of drug-likeness (QED) is 0.750. The molecule has 3 heteroatoms. The largest absolute Gasteiger partial charge is 0.490 e. The van der Waals surface area contributed by atoms with Crippen molar-refractivity contribution in [1.29, 1.82) is 0 Å². The predicted octanol–water partition coefficient (Wildman–Crippen LogP) is 2.41. The Bertz CT molecular complexity index is 419. The zero-order chi connectivity index (χ0) is 12.4. The molecule has 1 N–H and O–H groups in total. The summed E-state index contributed by atoms with van der Waals surface area (Å²) in [5, 5.41) is 3.22. The molecule has 3 nitrogen and oxygen atoms in total. The van der Waals surface area contributed by atoms with Crippen molar-refractivity contribution in [3.05, 3.63) is 29.8 Å². The maximum absolute atomic E-state index is 11.9. The van der Waals surface area contributed by atoms with Crippen LogP contribution in [-0.2, 0) is 0 Å². The summed E-state index contributed by atoms with van der Waals surface area (Å²) in [5.74, 6) is 1.85. The number of nitrogens with one attached hydrogen (secondary N) is 1. The maximum Gasteiger partial charge on any atom is 0.176 e. The first-order valence-electron chi connectivity index (χ1n) is 6.82. The van der Waals surface area contributed by atoms with Gasteiger partial charge in [-0.2, -0.15) is 0 Å². The van der Waals surface area contributed by atoms with Crippen molar-refractivity contribution in [2.75, 3.05) is 13.1 Å². The number of benzene rings is 1. The van der Waals surface area contributed by atoms with E-state index in [1.54, 1.807) is 0 Å². The number of hydrogen-bond donors (Lipinski definition) is 1. The normalized spacial score (nSPS) is 18.7. The molecule has 1 aromatic carbocycles. The molecule has 1 aromatic rings. The standard InChI is InChI=1S/C15H19NO2/c17-15(10-16-9-11-1-2-11)12-3-5-13(6-4-12)18-14-7-8-14/h3-6,11,14,16H,1-2,7-10H2. The summed E-state index contributed by atoms with van der Waals surface area (Å²) in [6.07, 6.45) is 5.35. The lowest BCUT2D eigenvalue weighted by atomic mass is 10.1. The minimum Gasteiger partial charge on any atom is -0.490 e. The van der Waals surface area contributed by atoms with Gasteiger partial charge < -0.3 is 10.1 Å². The van der Waals surface area contributed by atoms with Crippen molar-refractivity contribution in [1.82, 2.24) is 5.32 Å². The van der Waals surface area contributed by atoms with Crippen molar-refractivity contribution in [3.8, 4) is 5.75 Å². The van der Waals surface area contributed by atoms with Gasteiger partial charge in [-0.25, -0.2) is 0 Å². The van der Waals surface area contributed by atoms with Gasteiger partial charge in [0.15, 0.2) is 5.78 Å². The van der Waals surface area contributed by atoms with E-state index in [0.29, 0.717) is 12.6 Å². The highest BCUT2D eigenvalue weighted by atomic mass is 16.5. The average Bonchev–Trinajstić information content (AvgIpc) is 3.24. The molecule has 0 aromatic heterocycles. The van der Waals surface area contributed by atoms with Crippen LogP contribution in [0.3, 0.4) is 0 Å². The smallest absolute Gasteiger partial charge is 0.176 e. The fourth-order valence-corrected chi connectivity index (χ4v) is 1.91. The van der Waals surface area contributed by atoms with Crippen LogP contribution in [0.5, 0.6) is 5.75 Å². The van der Waals surface area contributed by atoms with Gasteiger partial charge >= 0.3 is 0 Å². The fourth-order valence-electron chi connectivity index (χ4n) is 1.91. The monoisotopic (exact) mass is 245 g/mol. The van der Waals surface area contributed by atoms with Gasteiger partial charge in [-0.15, -0.1) is 0 Å². The highest BCUT2D eigenvalue weighted by molar-refractivity contribution is 5.97. The summed E-state index contributed by atoms with van der Waals surface area (Å²) in [7, 11) is 0. The molecular weight excluding hydrogens is 226 g/mol. The third-order valence-corrected chi connectivity index (χ3v) is 3.42. The van der Waals surface area contributed by atoms with E-state index in [1.165, 1.54) is 12.8 Å². The van der Waals surface area contributed by atoms with E-state index in [-0.39, 0.29) is 5.78 Å². The molecule has 3 rings (SSSR count). The molecule has 0 saturated heterocycles. The predicted molar refractivity (Wildman–Crippen MR) is 70.0 cm³/mol. The van der Waals surface area contributed by atoms with Gasteiger partial charge in [0.2, 0.25) is 0 Å². The summed E-state index contributed by atoms with van der Waals surface area (Å²) in [6.45, 7) is 1.42. The van der Waals surface area contributed by atoms with E-state index in [1.807, 2.05) is 24.3 Å². The first-order valence-corrected chi connectivity index (χ1v) is 6.82. The lowest BCUT2D eigenvalue weighted by Crippen LogP contribution is -2.24. The Hall–Kier alpha value is -1.35. The van der Waals surface area contributed by atoms with Gasteiger partial charge in [0, 0.05) is 5.56 Å².